The Balaban J connectivity index is 1.22. The number of nitrogens with zero attached hydrogens (tertiary/aromatic N) is 3. The summed E-state index contributed by atoms with van der Waals surface area (Å²) in [6, 6.07) is 48.8. The van der Waals surface area contributed by atoms with Gasteiger partial charge in [0.25, 0.3) is 0 Å². The van der Waals surface area contributed by atoms with Gasteiger partial charge >= 0.3 is 0 Å². The van der Waals surface area contributed by atoms with E-state index in [1.54, 1.807) is 12.4 Å². The van der Waals surface area contributed by atoms with E-state index in [2.05, 4.69) is 159 Å². The van der Waals surface area contributed by atoms with Crippen molar-refractivity contribution in [3.63, 3.8) is 0 Å². The molecule has 0 amide bonds. The van der Waals surface area contributed by atoms with Crippen molar-refractivity contribution in [1.82, 2.24) is 14.5 Å². The van der Waals surface area contributed by atoms with Crippen LogP contribution in [0, 0.1) is 0 Å². The molecule has 2 aromatic heterocycles. The smallest absolute Gasteiger partial charge is 0.0971 e. The average Bonchev–Trinajstić information content (AvgIpc) is 3.45. The summed E-state index contributed by atoms with van der Waals surface area (Å²) < 4.78 is 2.39. The molecule has 0 unspecified atom stereocenters. The van der Waals surface area contributed by atoms with Crippen molar-refractivity contribution >= 4 is 54.4 Å². The monoisotopic (exact) mass is 603 g/mol. The minimum atomic E-state index is 0.0609. The van der Waals surface area contributed by atoms with Gasteiger partial charge in [-0.2, -0.15) is 0 Å². The van der Waals surface area contributed by atoms with Crippen LogP contribution in [0.3, 0.4) is 0 Å². The standard InChI is InChI=1S/C44H33N3/c1-44(2,3)32-18-21-41-39(27-32)38-26-31(17-20-40(38)47(41)33-12-5-4-6-13-33)29-11-9-10-28(24-29)30-16-19-36-37(25-30)34-14-7-8-15-35(34)42-43(36)46-23-22-45-42/h4-27H,1-3H3. The number of hydrogen-bond acceptors (Lipinski definition) is 2. The number of fused-ring (bicyclic) bond motifs is 9. The molecule has 0 atom stereocenters. The van der Waals surface area contributed by atoms with Crippen molar-refractivity contribution in [3.8, 4) is 27.9 Å². The second-order valence-corrected chi connectivity index (χ2v) is 13.5. The van der Waals surface area contributed by atoms with E-state index in [4.69, 9.17) is 9.97 Å². The number of para-hydroxylation sites is 1. The predicted molar refractivity (Wildman–Crippen MR) is 198 cm³/mol. The first-order chi connectivity index (χ1) is 22.9. The predicted octanol–water partition coefficient (Wildman–Crippen LogP) is 11.7. The zero-order valence-corrected chi connectivity index (χ0v) is 26.7. The molecule has 9 aromatic rings. The maximum absolute atomic E-state index is 4.74. The molecule has 224 valence electrons. The molecule has 0 spiro atoms. The number of benzene rings is 7. The SMILES string of the molecule is CC(C)(C)c1ccc2c(c1)c1cc(-c3cccc(-c4ccc5c(c4)c4ccccc4c4nccnc54)c3)ccc1n2-c1ccccc1. The molecule has 0 bridgehead atoms. The molecule has 0 saturated heterocycles. The van der Waals surface area contributed by atoms with Gasteiger partial charge in [0.15, 0.2) is 0 Å². The third-order valence-electron chi connectivity index (χ3n) is 9.62. The quantitative estimate of drug-likeness (QED) is 0.188. The van der Waals surface area contributed by atoms with Gasteiger partial charge < -0.3 is 4.57 Å². The summed E-state index contributed by atoms with van der Waals surface area (Å²) in [6.45, 7) is 6.85. The molecular formula is C44H33N3. The Kier molecular flexibility index (Phi) is 6.07. The maximum atomic E-state index is 4.74. The summed E-state index contributed by atoms with van der Waals surface area (Å²) in [6.07, 6.45) is 3.56. The Bertz CT molecular complexity index is 2620. The number of rotatable bonds is 3. The molecule has 0 aliphatic heterocycles. The highest BCUT2D eigenvalue weighted by molar-refractivity contribution is 6.23. The van der Waals surface area contributed by atoms with Crippen molar-refractivity contribution in [1.29, 1.82) is 0 Å². The van der Waals surface area contributed by atoms with Crippen LogP contribution in [0.4, 0.5) is 0 Å². The third-order valence-corrected chi connectivity index (χ3v) is 9.62. The van der Waals surface area contributed by atoms with Crippen molar-refractivity contribution in [2.45, 2.75) is 26.2 Å². The molecule has 3 nitrogen and oxygen atoms in total. The van der Waals surface area contributed by atoms with Gasteiger partial charge in [0.2, 0.25) is 0 Å². The zero-order chi connectivity index (χ0) is 31.7. The van der Waals surface area contributed by atoms with Crippen LogP contribution in [-0.2, 0) is 5.41 Å². The van der Waals surface area contributed by atoms with Gasteiger partial charge in [-0.1, -0.05) is 106 Å². The van der Waals surface area contributed by atoms with E-state index in [9.17, 15) is 0 Å². The molecule has 0 N–H and O–H groups in total. The number of hydrogen-bond donors (Lipinski definition) is 0. The fourth-order valence-corrected chi connectivity index (χ4v) is 7.21. The van der Waals surface area contributed by atoms with E-state index in [1.165, 1.54) is 66.1 Å². The van der Waals surface area contributed by atoms with Gasteiger partial charge in [-0.05, 0) is 92.5 Å². The van der Waals surface area contributed by atoms with E-state index in [1.807, 2.05) is 0 Å². The Morgan fingerprint density at radius 2 is 0.979 bits per heavy atom. The summed E-state index contributed by atoms with van der Waals surface area (Å²) in [5.74, 6) is 0. The lowest BCUT2D eigenvalue weighted by atomic mass is 9.86. The van der Waals surface area contributed by atoms with E-state index >= 15 is 0 Å². The van der Waals surface area contributed by atoms with Crippen molar-refractivity contribution in [3.05, 3.63) is 151 Å². The minimum Gasteiger partial charge on any atom is -0.309 e. The first-order valence-corrected chi connectivity index (χ1v) is 16.2. The average molecular weight is 604 g/mol. The van der Waals surface area contributed by atoms with Crippen LogP contribution in [-0.4, -0.2) is 14.5 Å². The second-order valence-electron chi connectivity index (χ2n) is 13.5. The molecule has 0 radical (unpaired) electrons. The molecule has 9 rings (SSSR count). The maximum Gasteiger partial charge on any atom is 0.0971 e. The Hall–Kier alpha value is -5.80. The van der Waals surface area contributed by atoms with Crippen molar-refractivity contribution in [2.24, 2.45) is 0 Å². The summed E-state index contributed by atoms with van der Waals surface area (Å²) >= 11 is 0. The largest absolute Gasteiger partial charge is 0.309 e. The van der Waals surface area contributed by atoms with Crippen LogP contribution in [0.15, 0.2) is 146 Å². The lowest BCUT2D eigenvalue weighted by Crippen LogP contribution is -2.10. The van der Waals surface area contributed by atoms with Gasteiger partial charge in [0, 0.05) is 39.6 Å². The molecule has 2 heterocycles. The van der Waals surface area contributed by atoms with Crippen molar-refractivity contribution < 1.29 is 0 Å². The Labute approximate surface area is 273 Å². The van der Waals surface area contributed by atoms with Crippen LogP contribution in [0.2, 0.25) is 0 Å². The van der Waals surface area contributed by atoms with E-state index in [0.717, 1.165) is 21.8 Å². The molecule has 0 fully saturated rings. The number of aromatic nitrogens is 3. The lowest BCUT2D eigenvalue weighted by Gasteiger charge is -2.19. The molecule has 3 heteroatoms. The first kappa shape index (κ1) is 27.5. The van der Waals surface area contributed by atoms with Crippen LogP contribution >= 0.6 is 0 Å². The van der Waals surface area contributed by atoms with Crippen LogP contribution in [0.1, 0.15) is 26.3 Å². The molecule has 0 aliphatic carbocycles. The van der Waals surface area contributed by atoms with Crippen LogP contribution < -0.4 is 0 Å². The van der Waals surface area contributed by atoms with E-state index in [-0.39, 0.29) is 5.41 Å². The fraction of sp³-hybridized carbons (Fsp3) is 0.0909. The zero-order valence-electron chi connectivity index (χ0n) is 26.7. The van der Waals surface area contributed by atoms with E-state index < -0.39 is 0 Å². The summed E-state index contributed by atoms with van der Waals surface area (Å²) in [4.78, 5) is 9.43. The van der Waals surface area contributed by atoms with Gasteiger partial charge in [-0.25, -0.2) is 0 Å². The van der Waals surface area contributed by atoms with E-state index in [0.29, 0.717) is 0 Å². The van der Waals surface area contributed by atoms with Gasteiger partial charge in [-0.15, -0.1) is 0 Å². The molecule has 47 heavy (non-hydrogen) atoms. The second kappa shape index (κ2) is 10.4. The highest BCUT2D eigenvalue weighted by Gasteiger charge is 2.19. The molecular weight excluding hydrogens is 571 g/mol. The first-order valence-electron chi connectivity index (χ1n) is 16.2. The summed E-state index contributed by atoms with van der Waals surface area (Å²) in [5, 5.41) is 7.20. The Morgan fingerprint density at radius 1 is 0.426 bits per heavy atom. The van der Waals surface area contributed by atoms with Crippen LogP contribution in [0.5, 0.6) is 0 Å². The summed E-state index contributed by atoms with van der Waals surface area (Å²) in [5.41, 5.74) is 11.7. The lowest BCUT2D eigenvalue weighted by molar-refractivity contribution is 0.591. The summed E-state index contributed by atoms with van der Waals surface area (Å²) in [7, 11) is 0. The molecule has 0 saturated carbocycles. The molecule has 7 aromatic carbocycles. The fourth-order valence-electron chi connectivity index (χ4n) is 7.21. The normalized spacial score (nSPS) is 12.1. The van der Waals surface area contributed by atoms with Gasteiger partial charge in [0.1, 0.15) is 0 Å². The van der Waals surface area contributed by atoms with Gasteiger partial charge in [0.05, 0.1) is 22.1 Å². The third kappa shape index (κ3) is 4.42. The van der Waals surface area contributed by atoms with Gasteiger partial charge in [-0.3, -0.25) is 9.97 Å². The highest BCUT2D eigenvalue weighted by Crippen LogP contribution is 2.39. The topological polar surface area (TPSA) is 30.7 Å². The Morgan fingerprint density at radius 3 is 1.68 bits per heavy atom. The molecule has 0 aliphatic rings. The van der Waals surface area contributed by atoms with Crippen LogP contribution in [0.25, 0.3) is 82.3 Å². The van der Waals surface area contributed by atoms with Crippen molar-refractivity contribution in [2.75, 3.05) is 0 Å². The minimum absolute atomic E-state index is 0.0609. The highest BCUT2D eigenvalue weighted by atomic mass is 15.0.